The summed E-state index contributed by atoms with van der Waals surface area (Å²) in [5.74, 6) is 0. The van der Waals surface area contributed by atoms with E-state index in [-0.39, 0.29) is 16.0 Å². The van der Waals surface area contributed by atoms with Crippen molar-refractivity contribution >= 4 is 27.8 Å². The maximum absolute atomic E-state index is 11.3. The lowest BCUT2D eigenvalue weighted by Crippen LogP contribution is -2.11. The van der Waals surface area contributed by atoms with E-state index >= 15 is 0 Å². The van der Waals surface area contributed by atoms with Gasteiger partial charge in [0.1, 0.15) is 0 Å². The van der Waals surface area contributed by atoms with Crippen LogP contribution in [-0.4, -0.2) is 19.7 Å². The Morgan fingerprint density at radius 1 is 1.31 bits per heavy atom. The maximum Gasteiger partial charge on any atom is 0.270 e. The van der Waals surface area contributed by atoms with E-state index in [4.69, 9.17) is 0 Å². The van der Waals surface area contributed by atoms with Gasteiger partial charge >= 0.3 is 0 Å². The third kappa shape index (κ3) is 3.60. The second-order valence-electron chi connectivity index (χ2n) is 7.20. The Kier molecular flexibility index (Phi) is 4.53. The van der Waals surface area contributed by atoms with Crippen LogP contribution in [0.2, 0.25) is 0 Å². The molecule has 2 heterocycles. The highest BCUT2D eigenvalue weighted by Crippen LogP contribution is 2.38. The molecular formula is C18H21N5O2S. The van der Waals surface area contributed by atoms with E-state index < -0.39 is 0 Å². The molecular weight excluding hydrogens is 350 g/mol. The first-order chi connectivity index (χ1) is 12.1. The van der Waals surface area contributed by atoms with E-state index in [2.05, 4.69) is 36.2 Å². The molecule has 7 nitrogen and oxygen atoms in total. The molecule has 0 aliphatic heterocycles. The van der Waals surface area contributed by atoms with E-state index in [9.17, 15) is 10.1 Å². The first kappa shape index (κ1) is 18.1. The fourth-order valence-corrected chi connectivity index (χ4v) is 3.39. The summed E-state index contributed by atoms with van der Waals surface area (Å²) in [7, 11) is 1.85. The highest BCUT2D eigenvalue weighted by atomic mass is 32.1. The maximum atomic E-state index is 11.3. The molecule has 1 aromatic carbocycles. The van der Waals surface area contributed by atoms with Crippen LogP contribution in [0.4, 0.5) is 16.5 Å². The number of rotatable bonds is 4. The topological polar surface area (TPSA) is 85.9 Å². The fraction of sp³-hybridized carbons (Fsp3) is 0.333. The molecule has 0 radical (unpaired) electrons. The van der Waals surface area contributed by atoms with Gasteiger partial charge < -0.3 is 5.32 Å². The van der Waals surface area contributed by atoms with Gasteiger partial charge in [-0.3, -0.25) is 14.8 Å². The van der Waals surface area contributed by atoms with Crippen LogP contribution in [0, 0.1) is 17.0 Å². The predicted molar refractivity (Wildman–Crippen MR) is 104 cm³/mol. The molecule has 0 fully saturated rings. The molecule has 0 spiro atoms. The lowest BCUT2D eigenvalue weighted by Gasteiger charge is -2.19. The van der Waals surface area contributed by atoms with Crippen molar-refractivity contribution in [2.45, 2.75) is 33.1 Å². The van der Waals surface area contributed by atoms with Crippen LogP contribution < -0.4 is 5.32 Å². The molecule has 0 amide bonds. The molecule has 0 aliphatic rings. The third-order valence-corrected chi connectivity index (χ3v) is 4.80. The van der Waals surface area contributed by atoms with Gasteiger partial charge in [-0.2, -0.15) is 5.10 Å². The Morgan fingerprint density at radius 3 is 2.62 bits per heavy atom. The SMILES string of the molecule is Cc1cnc(Nc2ccc([N+](=O)[O-])cc2-c2nn(C)cc2C(C)(C)C)s1. The van der Waals surface area contributed by atoms with Gasteiger partial charge in [0.05, 0.1) is 16.3 Å². The molecule has 0 saturated carbocycles. The minimum absolute atomic E-state index is 0.0337. The molecule has 0 bridgehead atoms. The van der Waals surface area contributed by atoms with Crippen LogP contribution >= 0.6 is 11.3 Å². The third-order valence-electron chi connectivity index (χ3n) is 3.97. The summed E-state index contributed by atoms with van der Waals surface area (Å²) < 4.78 is 1.74. The first-order valence-corrected chi connectivity index (χ1v) is 8.99. The molecule has 0 aliphatic carbocycles. The molecule has 8 heteroatoms. The molecule has 136 valence electrons. The summed E-state index contributed by atoms with van der Waals surface area (Å²) in [4.78, 5) is 16.3. The predicted octanol–water partition coefficient (Wildman–Crippen LogP) is 4.80. The number of nitrogens with zero attached hydrogens (tertiary/aromatic N) is 4. The smallest absolute Gasteiger partial charge is 0.270 e. The summed E-state index contributed by atoms with van der Waals surface area (Å²) in [6.45, 7) is 8.28. The molecule has 3 aromatic rings. The lowest BCUT2D eigenvalue weighted by atomic mass is 9.85. The zero-order chi connectivity index (χ0) is 19.1. The van der Waals surface area contributed by atoms with E-state index in [0.717, 1.165) is 27.0 Å². The summed E-state index contributed by atoms with van der Waals surface area (Å²) in [6.07, 6.45) is 3.75. The zero-order valence-electron chi connectivity index (χ0n) is 15.4. The zero-order valence-corrected chi connectivity index (χ0v) is 16.2. The first-order valence-electron chi connectivity index (χ1n) is 8.17. The van der Waals surface area contributed by atoms with Crippen molar-refractivity contribution in [1.82, 2.24) is 14.8 Å². The number of nitrogens with one attached hydrogen (secondary N) is 1. The van der Waals surface area contributed by atoms with Gasteiger partial charge in [0, 0.05) is 47.6 Å². The summed E-state index contributed by atoms with van der Waals surface area (Å²) in [5, 5.41) is 19.9. The second-order valence-corrected chi connectivity index (χ2v) is 8.44. The van der Waals surface area contributed by atoms with Crippen molar-refractivity contribution in [2.24, 2.45) is 7.05 Å². The number of hydrogen-bond donors (Lipinski definition) is 1. The number of anilines is 2. The van der Waals surface area contributed by atoms with Gasteiger partial charge in [-0.15, -0.1) is 11.3 Å². The van der Waals surface area contributed by atoms with Crippen molar-refractivity contribution in [1.29, 1.82) is 0 Å². The number of thiazole rings is 1. The van der Waals surface area contributed by atoms with Gasteiger partial charge in [-0.1, -0.05) is 20.8 Å². The minimum Gasteiger partial charge on any atom is -0.331 e. The van der Waals surface area contributed by atoms with Crippen LogP contribution in [0.1, 0.15) is 31.2 Å². The number of nitro benzene ring substituents is 1. The van der Waals surface area contributed by atoms with Gasteiger partial charge in [-0.25, -0.2) is 4.98 Å². The van der Waals surface area contributed by atoms with Gasteiger partial charge in [0.25, 0.3) is 5.69 Å². The van der Waals surface area contributed by atoms with Crippen molar-refractivity contribution < 1.29 is 4.92 Å². The minimum atomic E-state index is -0.388. The van der Waals surface area contributed by atoms with E-state index in [1.807, 2.05) is 20.2 Å². The average Bonchev–Trinajstić information content (AvgIpc) is 3.13. The molecule has 26 heavy (non-hydrogen) atoms. The summed E-state index contributed by atoms with van der Waals surface area (Å²) in [5.41, 5.74) is 3.08. The van der Waals surface area contributed by atoms with E-state index in [0.29, 0.717) is 5.56 Å². The van der Waals surface area contributed by atoms with Crippen LogP contribution in [-0.2, 0) is 12.5 Å². The fourth-order valence-electron chi connectivity index (χ4n) is 2.71. The number of aryl methyl sites for hydroxylation is 2. The quantitative estimate of drug-likeness (QED) is 0.526. The van der Waals surface area contributed by atoms with Gasteiger partial charge in [0.2, 0.25) is 0 Å². The highest BCUT2D eigenvalue weighted by molar-refractivity contribution is 7.15. The van der Waals surface area contributed by atoms with Gasteiger partial charge in [0.15, 0.2) is 5.13 Å². The van der Waals surface area contributed by atoms with Crippen molar-refractivity contribution in [3.05, 3.63) is 51.1 Å². The highest BCUT2D eigenvalue weighted by Gasteiger charge is 2.25. The van der Waals surface area contributed by atoms with Crippen LogP contribution in [0.15, 0.2) is 30.6 Å². The molecule has 2 aromatic heterocycles. The van der Waals surface area contributed by atoms with Gasteiger partial charge in [-0.05, 0) is 18.4 Å². The van der Waals surface area contributed by atoms with E-state index in [1.165, 1.54) is 17.4 Å². The Labute approximate surface area is 155 Å². The van der Waals surface area contributed by atoms with Crippen LogP contribution in [0.3, 0.4) is 0 Å². The Balaban J connectivity index is 2.18. The second kappa shape index (κ2) is 6.53. The molecule has 1 N–H and O–H groups in total. The molecule has 0 atom stereocenters. The molecule has 0 saturated heterocycles. The number of aromatic nitrogens is 3. The summed E-state index contributed by atoms with van der Waals surface area (Å²) >= 11 is 1.53. The van der Waals surface area contributed by atoms with Crippen molar-refractivity contribution in [3.63, 3.8) is 0 Å². The lowest BCUT2D eigenvalue weighted by molar-refractivity contribution is -0.384. The normalized spacial score (nSPS) is 11.6. The number of hydrogen-bond acceptors (Lipinski definition) is 6. The van der Waals surface area contributed by atoms with Crippen LogP contribution in [0.5, 0.6) is 0 Å². The molecule has 3 rings (SSSR count). The monoisotopic (exact) mass is 371 g/mol. The van der Waals surface area contributed by atoms with Crippen LogP contribution in [0.25, 0.3) is 11.3 Å². The van der Waals surface area contributed by atoms with Crippen molar-refractivity contribution in [2.75, 3.05) is 5.32 Å². The Morgan fingerprint density at radius 2 is 2.04 bits per heavy atom. The van der Waals surface area contributed by atoms with Crippen molar-refractivity contribution in [3.8, 4) is 11.3 Å². The Bertz CT molecular complexity index is 968. The largest absolute Gasteiger partial charge is 0.331 e. The standard InChI is InChI=1S/C18H21N5O2S/c1-11-9-19-17(26-11)20-15-7-6-12(23(24)25)8-13(15)16-14(18(2,3)4)10-22(5)21-16/h6-10H,1-5H3,(H,19,20). The summed E-state index contributed by atoms with van der Waals surface area (Å²) in [6, 6.07) is 4.78. The van der Waals surface area contributed by atoms with E-state index in [1.54, 1.807) is 23.0 Å². The number of nitro groups is 1. The molecule has 0 unspecified atom stereocenters. The number of benzene rings is 1. The number of non-ortho nitro benzene ring substituents is 1. The average molecular weight is 371 g/mol. The Hall–Kier alpha value is -2.74.